The Morgan fingerprint density at radius 2 is 1.84 bits per heavy atom. The molecule has 1 N–H and O–H groups in total. The molecule has 2 aliphatic rings. The van der Waals surface area contributed by atoms with Crippen molar-refractivity contribution in [2.45, 2.75) is 40.7 Å². The van der Waals surface area contributed by atoms with Gasteiger partial charge in [0.05, 0.1) is 20.3 Å². The molecule has 5 nitrogen and oxygen atoms in total. The maximum absolute atomic E-state index is 13.6. The Bertz CT molecular complexity index is 1190. The molecule has 1 fully saturated rings. The molecule has 1 saturated heterocycles. The van der Waals surface area contributed by atoms with E-state index in [0.29, 0.717) is 28.8 Å². The van der Waals surface area contributed by atoms with Gasteiger partial charge in [0.25, 0.3) is 0 Å². The molecule has 0 bridgehead atoms. The monoisotopic (exact) mass is 591 g/mol. The van der Waals surface area contributed by atoms with Gasteiger partial charge in [0.2, 0.25) is 0 Å². The molecule has 1 spiro atoms. The molecule has 0 aromatic heterocycles. The predicted octanol–water partition coefficient (Wildman–Crippen LogP) is 5.34. The Morgan fingerprint density at radius 3 is 2.46 bits per heavy atom. The van der Waals surface area contributed by atoms with E-state index in [0.717, 1.165) is 36.4 Å². The zero-order valence-electron chi connectivity index (χ0n) is 20.7. The van der Waals surface area contributed by atoms with Crippen LogP contribution >= 0.6 is 34.8 Å². The highest BCUT2D eigenvalue weighted by Crippen LogP contribution is 2.46. The summed E-state index contributed by atoms with van der Waals surface area (Å²) in [6.45, 7) is 2.09. The number of nitrogens with zero attached hydrogens (tertiary/aromatic N) is 2. The first-order valence-corrected chi connectivity index (χ1v) is 14.5. The number of likely N-dealkylation sites (tertiary alicyclic amines) is 1. The van der Waals surface area contributed by atoms with Crippen LogP contribution in [-0.2, 0) is 31.6 Å². The van der Waals surface area contributed by atoms with Gasteiger partial charge in [-0.05, 0) is 79.8 Å². The van der Waals surface area contributed by atoms with Crippen LogP contribution in [-0.4, -0.2) is 65.6 Å². The van der Waals surface area contributed by atoms with E-state index in [-0.39, 0.29) is 11.3 Å². The second-order valence-electron chi connectivity index (χ2n) is 9.85. The first-order chi connectivity index (χ1) is 17.4. The average molecular weight is 593 g/mol. The molecule has 4 rings (SSSR count). The minimum atomic E-state index is -4.00. The number of alkyl halides is 3. The van der Waals surface area contributed by atoms with Gasteiger partial charge in [0.15, 0.2) is 0 Å². The van der Waals surface area contributed by atoms with Gasteiger partial charge in [-0.3, -0.25) is 9.00 Å². The van der Waals surface area contributed by atoms with Gasteiger partial charge in [-0.1, -0.05) is 53.5 Å². The van der Waals surface area contributed by atoms with Crippen LogP contribution in [0.15, 0.2) is 42.5 Å². The van der Waals surface area contributed by atoms with Gasteiger partial charge >= 0.3 is 11.3 Å². The van der Waals surface area contributed by atoms with Crippen molar-refractivity contribution >= 4 is 51.5 Å². The van der Waals surface area contributed by atoms with Crippen molar-refractivity contribution in [1.29, 1.82) is 0 Å². The summed E-state index contributed by atoms with van der Waals surface area (Å²) in [5.41, 5.74) is 2.21. The number of halogens is 5. The summed E-state index contributed by atoms with van der Waals surface area (Å²) in [6, 6.07) is 13.3. The zero-order chi connectivity index (χ0) is 27.0. The Kier molecular flexibility index (Phi) is 8.58. The number of fused-ring (bicyclic) bond motifs is 2. The molecule has 2 heterocycles. The smallest absolute Gasteiger partial charge is 0.337 e. The van der Waals surface area contributed by atoms with E-state index in [1.807, 2.05) is 12.1 Å². The van der Waals surface area contributed by atoms with Crippen molar-refractivity contribution in [1.82, 2.24) is 15.1 Å². The van der Waals surface area contributed by atoms with Gasteiger partial charge in [0, 0.05) is 36.7 Å². The van der Waals surface area contributed by atoms with Crippen molar-refractivity contribution in [2.24, 2.45) is 0 Å². The number of nitrogens with one attached hydrogen (secondary N) is 1. The summed E-state index contributed by atoms with van der Waals surface area (Å²) >= 11 is 17.5. The number of hydrogen-bond acceptors (Lipinski definition) is 4. The molecule has 1 amide bonds. The Labute approximate surface area is 233 Å². The summed E-state index contributed by atoms with van der Waals surface area (Å²) in [5.74, 6) is -0.877. The summed E-state index contributed by atoms with van der Waals surface area (Å²) in [6.07, 6.45) is 2.07. The van der Waals surface area contributed by atoms with Crippen LogP contribution in [0.4, 0.5) is 8.78 Å². The zero-order valence-corrected chi connectivity index (χ0v) is 23.8. The molecule has 1 unspecified atom stereocenters. The quantitative estimate of drug-likeness (QED) is 0.421. The number of hydrogen-bond donors (Lipinski definition) is 1. The molecule has 0 saturated carbocycles. The Hall–Kier alpha value is -1.29. The molecule has 2 atom stereocenters. The molecule has 202 valence electrons. The van der Waals surface area contributed by atoms with Crippen LogP contribution in [0.2, 0.25) is 10.0 Å². The maximum Gasteiger partial charge on any atom is 0.399 e. The van der Waals surface area contributed by atoms with Crippen LogP contribution in [0.5, 0.6) is 0 Å². The number of carbonyl (C=O) groups is 1. The molecular weight excluding hydrogens is 563 g/mol. The number of rotatable bonds is 8. The molecule has 0 aliphatic carbocycles. The van der Waals surface area contributed by atoms with Gasteiger partial charge in [0.1, 0.15) is 0 Å². The summed E-state index contributed by atoms with van der Waals surface area (Å²) in [7, 11) is 2.08. The van der Waals surface area contributed by atoms with Crippen LogP contribution in [0, 0.1) is 0 Å². The van der Waals surface area contributed by atoms with E-state index in [1.54, 1.807) is 25.2 Å². The first-order valence-electron chi connectivity index (χ1n) is 12.1. The van der Waals surface area contributed by atoms with Crippen molar-refractivity contribution in [2.75, 3.05) is 40.3 Å². The molecule has 11 heteroatoms. The molecule has 2 aromatic carbocycles. The first kappa shape index (κ1) is 28.7. The van der Waals surface area contributed by atoms with Crippen molar-refractivity contribution in [3.05, 3.63) is 69.2 Å². The van der Waals surface area contributed by atoms with E-state index in [2.05, 4.69) is 22.3 Å². The van der Waals surface area contributed by atoms with Crippen LogP contribution in [0.1, 0.15) is 36.0 Å². The van der Waals surface area contributed by atoms with Gasteiger partial charge < -0.3 is 15.1 Å². The molecule has 0 radical (unpaired) electrons. The van der Waals surface area contributed by atoms with Gasteiger partial charge in [-0.15, -0.1) is 0 Å². The second kappa shape index (κ2) is 11.1. The molecular formula is C26H30Cl3F2N3O2S. The lowest BCUT2D eigenvalue weighted by molar-refractivity contribution is -0.146. The Morgan fingerprint density at radius 1 is 1.16 bits per heavy atom. The second-order valence-corrected chi connectivity index (χ2v) is 12.9. The standard InChI is InChI=1S/C26H30Cl3F2N3O2S/c1-32-24(17-33(2)23(35)26(29,30)31,19-7-8-21(27)22(28)15-19)9-12-34-13-10-25(11-14-34)20-6-4-3-5-18(20)16-37(25)36/h3-8,15,32H,9-14,16-17H2,1-2H3/t24?,37-/m1/s1. The minimum Gasteiger partial charge on any atom is -0.337 e. The number of likely N-dealkylation sites (N-methyl/N-ethyl adjacent to an activating group) is 2. The highest BCUT2D eigenvalue weighted by molar-refractivity contribution is 7.85. The Balaban J connectivity index is 1.53. The fraction of sp³-hybridized carbons (Fsp3) is 0.500. The van der Waals surface area contributed by atoms with Crippen LogP contribution < -0.4 is 5.32 Å². The van der Waals surface area contributed by atoms with Gasteiger partial charge in [-0.25, -0.2) is 0 Å². The van der Waals surface area contributed by atoms with E-state index in [1.165, 1.54) is 18.2 Å². The fourth-order valence-electron chi connectivity index (χ4n) is 5.63. The third kappa shape index (κ3) is 5.70. The lowest BCUT2D eigenvalue weighted by Crippen LogP contribution is -2.54. The largest absolute Gasteiger partial charge is 0.399 e. The topological polar surface area (TPSA) is 52.7 Å². The van der Waals surface area contributed by atoms with Crippen LogP contribution in [0.3, 0.4) is 0 Å². The molecule has 2 aliphatic heterocycles. The number of benzene rings is 2. The number of piperidine rings is 1. The highest BCUT2D eigenvalue weighted by Gasteiger charge is 2.47. The average Bonchev–Trinajstić information content (AvgIpc) is 3.14. The third-order valence-corrected chi connectivity index (χ3v) is 10.8. The van der Waals surface area contributed by atoms with Crippen molar-refractivity contribution in [3.8, 4) is 0 Å². The van der Waals surface area contributed by atoms with E-state index >= 15 is 0 Å². The summed E-state index contributed by atoms with van der Waals surface area (Å²) in [4.78, 5) is 15.5. The van der Waals surface area contributed by atoms with Crippen molar-refractivity contribution in [3.63, 3.8) is 0 Å². The number of carbonyl (C=O) groups excluding carboxylic acids is 1. The summed E-state index contributed by atoms with van der Waals surface area (Å²) < 4.78 is 40.0. The van der Waals surface area contributed by atoms with Crippen molar-refractivity contribution < 1.29 is 17.8 Å². The predicted molar refractivity (Wildman–Crippen MR) is 146 cm³/mol. The normalized spacial score (nSPS) is 21.0. The molecule has 2 aromatic rings. The number of amides is 1. The van der Waals surface area contributed by atoms with E-state index < -0.39 is 27.6 Å². The minimum absolute atomic E-state index is 0.0578. The third-order valence-electron chi connectivity index (χ3n) is 7.80. The van der Waals surface area contributed by atoms with E-state index in [4.69, 9.17) is 34.8 Å². The summed E-state index contributed by atoms with van der Waals surface area (Å²) in [5, 5.41) is -0.0299. The van der Waals surface area contributed by atoms with E-state index in [9.17, 15) is 17.8 Å². The lowest BCUT2D eigenvalue weighted by Gasteiger charge is -2.42. The van der Waals surface area contributed by atoms with Gasteiger partial charge in [-0.2, -0.15) is 8.78 Å². The van der Waals surface area contributed by atoms with Crippen LogP contribution in [0.25, 0.3) is 0 Å². The fourth-order valence-corrected chi connectivity index (χ4v) is 7.96. The molecule has 37 heavy (non-hydrogen) atoms. The maximum atomic E-state index is 13.6. The highest BCUT2D eigenvalue weighted by atomic mass is 35.5. The lowest BCUT2D eigenvalue weighted by atomic mass is 9.84. The SMILES string of the molecule is CNC(CCN1CCC2(CC1)c1ccccc1C[S@]2=O)(CN(C)C(=O)C(F)(F)Cl)c1ccc(Cl)c(Cl)c1.